The maximum atomic E-state index is 12.8. The summed E-state index contributed by atoms with van der Waals surface area (Å²) in [7, 11) is 0. The SMILES string of the molecule is CC1CCN(C(=O)C2CCN(CC(=O)N3CCc4ccccc4C3)CC2)CC1. The van der Waals surface area contributed by atoms with Gasteiger partial charge in [-0.2, -0.15) is 0 Å². The summed E-state index contributed by atoms with van der Waals surface area (Å²) in [6.07, 6.45) is 5.01. The largest absolute Gasteiger partial charge is 0.342 e. The first-order valence-electron chi connectivity index (χ1n) is 11.0. The predicted octanol–water partition coefficient (Wildman–Crippen LogP) is 2.54. The lowest BCUT2D eigenvalue weighted by Crippen LogP contribution is -2.48. The second-order valence-electron chi connectivity index (χ2n) is 8.89. The quantitative estimate of drug-likeness (QED) is 0.806. The third-order valence-electron chi connectivity index (χ3n) is 6.87. The zero-order chi connectivity index (χ0) is 19.5. The van der Waals surface area contributed by atoms with Crippen molar-refractivity contribution in [2.75, 3.05) is 39.3 Å². The van der Waals surface area contributed by atoms with E-state index in [9.17, 15) is 9.59 Å². The molecule has 0 saturated carbocycles. The molecule has 1 aromatic carbocycles. The highest BCUT2D eigenvalue weighted by molar-refractivity contribution is 5.80. The first kappa shape index (κ1) is 19.4. The molecule has 28 heavy (non-hydrogen) atoms. The summed E-state index contributed by atoms with van der Waals surface area (Å²) < 4.78 is 0. The van der Waals surface area contributed by atoms with Crippen molar-refractivity contribution in [3.63, 3.8) is 0 Å². The second-order valence-corrected chi connectivity index (χ2v) is 8.89. The summed E-state index contributed by atoms with van der Waals surface area (Å²) in [5.41, 5.74) is 2.65. The Kier molecular flexibility index (Phi) is 6.00. The smallest absolute Gasteiger partial charge is 0.237 e. The minimum atomic E-state index is 0.154. The molecule has 0 spiro atoms. The summed E-state index contributed by atoms with van der Waals surface area (Å²) in [6, 6.07) is 8.43. The molecule has 152 valence electrons. The van der Waals surface area contributed by atoms with E-state index in [1.54, 1.807) is 0 Å². The van der Waals surface area contributed by atoms with Gasteiger partial charge >= 0.3 is 0 Å². The van der Waals surface area contributed by atoms with Crippen LogP contribution in [0.3, 0.4) is 0 Å². The van der Waals surface area contributed by atoms with E-state index in [1.807, 2.05) is 4.90 Å². The third kappa shape index (κ3) is 4.40. The van der Waals surface area contributed by atoms with Crippen LogP contribution in [0, 0.1) is 11.8 Å². The van der Waals surface area contributed by atoms with Crippen molar-refractivity contribution in [2.24, 2.45) is 11.8 Å². The molecular weight excluding hydrogens is 350 g/mol. The molecule has 4 rings (SSSR count). The van der Waals surface area contributed by atoms with E-state index in [4.69, 9.17) is 0 Å². The van der Waals surface area contributed by atoms with E-state index in [0.29, 0.717) is 12.5 Å². The molecule has 3 heterocycles. The van der Waals surface area contributed by atoms with Crippen molar-refractivity contribution in [3.05, 3.63) is 35.4 Å². The maximum absolute atomic E-state index is 12.8. The average Bonchev–Trinajstić information content (AvgIpc) is 2.74. The molecule has 1 aromatic rings. The van der Waals surface area contributed by atoms with Crippen LogP contribution in [0.4, 0.5) is 0 Å². The topological polar surface area (TPSA) is 43.9 Å². The summed E-state index contributed by atoms with van der Waals surface area (Å²) in [6.45, 7) is 7.88. The Morgan fingerprint density at radius 2 is 1.57 bits per heavy atom. The van der Waals surface area contributed by atoms with Gasteiger partial charge in [0.05, 0.1) is 6.54 Å². The van der Waals surface area contributed by atoms with Gasteiger partial charge in [0, 0.05) is 32.1 Å². The number of piperidine rings is 2. The van der Waals surface area contributed by atoms with Crippen molar-refractivity contribution in [1.82, 2.24) is 14.7 Å². The third-order valence-corrected chi connectivity index (χ3v) is 6.87. The highest BCUT2D eigenvalue weighted by Crippen LogP contribution is 2.24. The minimum absolute atomic E-state index is 0.154. The van der Waals surface area contributed by atoms with Crippen LogP contribution in [0.25, 0.3) is 0 Å². The fraction of sp³-hybridized carbons (Fsp3) is 0.652. The fourth-order valence-electron chi connectivity index (χ4n) is 4.83. The van der Waals surface area contributed by atoms with Crippen LogP contribution in [0.15, 0.2) is 24.3 Å². The summed E-state index contributed by atoms with van der Waals surface area (Å²) in [5.74, 6) is 1.48. The van der Waals surface area contributed by atoms with Crippen LogP contribution < -0.4 is 0 Å². The van der Waals surface area contributed by atoms with Crippen LogP contribution in [-0.4, -0.2) is 65.8 Å². The first-order valence-corrected chi connectivity index (χ1v) is 11.0. The number of rotatable bonds is 3. The van der Waals surface area contributed by atoms with Crippen molar-refractivity contribution >= 4 is 11.8 Å². The Balaban J connectivity index is 1.23. The van der Waals surface area contributed by atoms with Crippen LogP contribution in [0.2, 0.25) is 0 Å². The van der Waals surface area contributed by atoms with E-state index in [2.05, 4.69) is 41.0 Å². The number of carbonyl (C=O) groups is 2. The molecule has 5 heteroatoms. The molecule has 3 aliphatic heterocycles. The first-order chi connectivity index (χ1) is 13.6. The van der Waals surface area contributed by atoms with Crippen LogP contribution in [-0.2, 0) is 22.6 Å². The molecule has 0 bridgehead atoms. The molecule has 0 aromatic heterocycles. The summed E-state index contributed by atoms with van der Waals surface area (Å²) in [5, 5.41) is 0. The predicted molar refractivity (Wildman–Crippen MR) is 110 cm³/mol. The van der Waals surface area contributed by atoms with E-state index >= 15 is 0 Å². The van der Waals surface area contributed by atoms with Crippen LogP contribution >= 0.6 is 0 Å². The molecule has 2 fully saturated rings. The van der Waals surface area contributed by atoms with Gasteiger partial charge in [-0.05, 0) is 62.2 Å². The van der Waals surface area contributed by atoms with Crippen LogP contribution in [0.1, 0.15) is 43.7 Å². The lowest BCUT2D eigenvalue weighted by atomic mass is 9.92. The van der Waals surface area contributed by atoms with Gasteiger partial charge in [-0.3, -0.25) is 14.5 Å². The molecule has 0 radical (unpaired) electrons. The lowest BCUT2D eigenvalue weighted by molar-refractivity contribution is -0.139. The van der Waals surface area contributed by atoms with Gasteiger partial charge < -0.3 is 9.80 Å². The Hall–Kier alpha value is -1.88. The van der Waals surface area contributed by atoms with E-state index in [-0.39, 0.29) is 11.8 Å². The molecule has 0 N–H and O–H groups in total. The van der Waals surface area contributed by atoms with Gasteiger partial charge in [0.2, 0.25) is 11.8 Å². The van der Waals surface area contributed by atoms with Crippen molar-refractivity contribution in [1.29, 1.82) is 0 Å². The Morgan fingerprint density at radius 3 is 2.29 bits per heavy atom. The number of hydrogen-bond donors (Lipinski definition) is 0. The van der Waals surface area contributed by atoms with E-state index < -0.39 is 0 Å². The maximum Gasteiger partial charge on any atom is 0.237 e. The molecule has 0 unspecified atom stereocenters. The van der Waals surface area contributed by atoms with Crippen molar-refractivity contribution < 1.29 is 9.59 Å². The van der Waals surface area contributed by atoms with Gasteiger partial charge in [-0.15, -0.1) is 0 Å². The van der Waals surface area contributed by atoms with Gasteiger partial charge in [0.1, 0.15) is 0 Å². The molecule has 0 atom stereocenters. The average molecular weight is 384 g/mol. The Labute approximate surface area is 168 Å². The van der Waals surface area contributed by atoms with Gasteiger partial charge in [0.15, 0.2) is 0 Å². The molecule has 3 aliphatic rings. The number of hydrogen-bond acceptors (Lipinski definition) is 3. The molecule has 2 saturated heterocycles. The minimum Gasteiger partial charge on any atom is -0.342 e. The normalized spacial score (nSPS) is 22.2. The molecule has 2 amide bonds. The van der Waals surface area contributed by atoms with Crippen molar-refractivity contribution in [2.45, 2.75) is 45.6 Å². The summed E-state index contributed by atoms with van der Waals surface area (Å²) >= 11 is 0. The van der Waals surface area contributed by atoms with E-state index in [0.717, 1.165) is 77.3 Å². The number of carbonyl (C=O) groups excluding carboxylic acids is 2. The Morgan fingerprint density at radius 1 is 0.893 bits per heavy atom. The Bertz CT molecular complexity index is 704. The fourth-order valence-corrected chi connectivity index (χ4v) is 4.83. The number of fused-ring (bicyclic) bond motifs is 1. The molecular formula is C23H33N3O2. The van der Waals surface area contributed by atoms with Gasteiger partial charge in [0.25, 0.3) is 0 Å². The molecule has 0 aliphatic carbocycles. The highest BCUT2D eigenvalue weighted by atomic mass is 16.2. The zero-order valence-electron chi connectivity index (χ0n) is 17.1. The monoisotopic (exact) mass is 383 g/mol. The number of likely N-dealkylation sites (tertiary alicyclic amines) is 2. The second kappa shape index (κ2) is 8.64. The van der Waals surface area contributed by atoms with E-state index in [1.165, 1.54) is 11.1 Å². The molecule has 5 nitrogen and oxygen atoms in total. The standard InChI is InChI=1S/C23H33N3O2/c1-18-6-13-25(14-7-18)23(28)20-8-11-24(12-9-20)17-22(27)26-15-10-19-4-2-3-5-21(19)16-26/h2-5,18,20H,6-17H2,1H3. The van der Waals surface area contributed by atoms with Crippen molar-refractivity contribution in [3.8, 4) is 0 Å². The van der Waals surface area contributed by atoms with Gasteiger partial charge in [-0.25, -0.2) is 0 Å². The van der Waals surface area contributed by atoms with Crippen LogP contribution in [0.5, 0.6) is 0 Å². The number of amides is 2. The van der Waals surface area contributed by atoms with Gasteiger partial charge in [-0.1, -0.05) is 31.2 Å². The highest BCUT2D eigenvalue weighted by Gasteiger charge is 2.31. The number of benzene rings is 1. The number of nitrogens with zero attached hydrogens (tertiary/aromatic N) is 3. The summed E-state index contributed by atoms with van der Waals surface area (Å²) in [4.78, 5) is 31.9. The zero-order valence-corrected chi connectivity index (χ0v) is 17.1. The lowest BCUT2D eigenvalue weighted by Gasteiger charge is -2.37.